The number of nitrogens with one attached hydrogen (secondary N) is 2. The molecule has 1 unspecified atom stereocenters. The van der Waals surface area contributed by atoms with Crippen molar-refractivity contribution in [3.8, 4) is 5.75 Å². The predicted molar refractivity (Wildman–Crippen MR) is 137 cm³/mol. The van der Waals surface area contributed by atoms with Crippen molar-refractivity contribution in [2.24, 2.45) is 0 Å². The molecule has 3 aromatic carbocycles. The molecule has 1 atom stereocenters. The summed E-state index contributed by atoms with van der Waals surface area (Å²) < 4.78 is 5.36. The molecule has 0 fully saturated rings. The van der Waals surface area contributed by atoms with Crippen LogP contribution in [0.5, 0.6) is 5.75 Å². The summed E-state index contributed by atoms with van der Waals surface area (Å²) in [5.74, 6) is 0.211. The maximum atomic E-state index is 13.0. The predicted octanol–water partition coefficient (Wildman–Crippen LogP) is 6.73. The van der Waals surface area contributed by atoms with Crippen molar-refractivity contribution in [2.45, 2.75) is 37.3 Å². The molecular weight excluding hydrogens is 456 g/mol. The second-order valence-corrected chi connectivity index (χ2v) is 9.34. The van der Waals surface area contributed by atoms with E-state index in [9.17, 15) is 9.59 Å². The molecule has 3 aromatic rings. The van der Waals surface area contributed by atoms with E-state index in [1.54, 1.807) is 31.4 Å². The lowest BCUT2D eigenvalue weighted by Gasteiger charge is -2.17. The summed E-state index contributed by atoms with van der Waals surface area (Å²) >= 11 is 7.61. The number of rotatable bonds is 8. The van der Waals surface area contributed by atoms with Gasteiger partial charge >= 0.3 is 0 Å². The molecule has 33 heavy (non-hydrogen) atoms. The van der Waals surface area contributed by atoms with Crippen LogP contribution < -0.4 is 15.4 Å². The van der Waals surface area contributed by atoms with Crippen LogP contribution >= 0.6 is 23.4 Å². The zero-order valence-corrected chi connectivity index (χ0v) is 20.6. The number of amides is 2. The van der Waals surface area contributed by atoms with E-state index in [0.717, 1.165) is 16.0 Å². The van der Waals surface area contributed by atoms with E-state index in [-0.39, 0.29) is 17.1 Å². The molecule has 0 aliphatic rings. The molecule has 7 heteroatoms. The number of aryl methyl sites for hydroxylation is 2. The maximum absolute atomic E-state index is 13.0. The fourth-order valence-electron chi connectivity index (χ4n) is 3.18. The van der Waals surface area contributed by atoms with Crippen molar-refractivity contribution in [3.63, 3.8) is 0 Å². The number of halogens is 1. The quantitative estimate of drug-likeness (QED) is 0.349. The summed E-state index contributed by atoms with van der Waals surface area (Å²) in [5, 5.41) is 6.14. The van der Waals surface area contributed by atoms with E-state index >= 15 is 0 Å². The lowest BCUT2D eigenvalue weighted by Crippen LogP contribution is -2.24. The Morgan fingerprint density at radius 3 is 2.42 bits per heavy atom. The first-order chi connectivity index (χ1) is 15.8. The topological polar surface area (TPSA) is 67.4 Å². The summed E-state index contributed by atoms with van der Waals surface area (Å²) in [6.07, 6.45) is 0.630. The van der Waals surface area contributed by atoms with Gasteiger partial charge in [-0.3, -0.25) is 9.59 Å². The number of hydrogen-bond acceptors (Lipinski definition) is 4. The van der Waals surface area contributed by atoms with Gasteiger partial charge in [-0.1, -0.05) is 42.3 Å². The van der Waals surface area contributed by atoms with Crippen LogP contribution in [0.3, 0.4) is 0 Å². The van der Waals surface area contributed by atoms with Crippen molar-refractivity contribution < 1.29 is 14.3 Å². The third-order valence-electron chi connectivity index (χ3n) is 5.09. The van der Waals surface area contributed by atoms with Crippen molar-refractivity contribution in [2.75, 3.05) is 17.7 Å². The standard InChI is InChI=1S/C26H27ClN2O3S/c1-5-24(26(31)29-22-13-17(3)21(27)15-23(22)32-4)33-20-8-6-7-19(14-20)28-25(30)18-11-9-16(2)10-12-18/h6-15,24H,5H2,1-4H3,(H,28,30)(H,29,31). The number of benzene rings is 3. The van der Waals surface area contributed by atoms with Crippen LogP contribution in [0, 0.1) is 13.8 Å². The summed E-state index contributed by atoms with van der Waals surface area (Å²) in [6, 6.07) is 18.4. The van der Waals surface area contributed by atoms with E-state index in [4.69, 9.17) is 16.3 Å². The molecule has 0 saturated heterocycles. The Kier molecular flexibility index (Phi) is 8.42. The average molecular weight is 483 g/mol. The van der Waals surface area contributed by atoms with Crippen LogP contribution in [0.4, 0.5) is 11.4 Å². The van der Waals surface area contributed by atoms with Gasteiger partial charge in [-0.2, -0.15) is 0 Å². The molecule has 3 rings (SSSR count). The minimum absolute atomic E-state index is 0.128. The number of ether oxygens (including phenoxy) is 1. The third kappa shape index (κ3) is 6.53. The van der Waals surface area contributed by atoms with Gasteiger partial charge in [-0.05, 0) is 62.2 Å². The van der Waals surface area contributed by atoms with E-state index < -0.39 is 0 Å². The van der Waals surface area contributed by atoms with Gasteiger partial charge in [0.15, 0.2) is 0 Å². The number of carbonyl (C=O) groups is 2. The maximum Gasteiger partial charge on any atom is 0.255 e. The third-order valence-corrected chi connectivity index (χ3v) is 6.85. The molecule has 172 valence electrons. The summed E-state index contributed by atoms with van der Waals surface area (Å²) in [6.45, 7) is 5.82. The Balaban J connectivity index is 1.70. The fraction of sp³-hybridized carbons (Fsp3) is 0.231. The van der Waals surface area contributed by atoms with E-state index in [0.29, 0.717) is 34.1 Å². The van der Waals surface area contributed by atoms with Gasteiger partial charge in [0.2, 0.25) is 5.91 Å². The SMILES string of the molecule is CCC(Sc1cccc(NC(=O)c2ccc(C)cc2)c1)C(=O)Nc1cc(C)c(Cl)cc1OC. The molecule has 0 aliphatic heterocycles. The zero-order valence-electron chi connectivity index (χ0n) is 19.1. The second-order valence-electron chi connectivity index (χ2n) is 7.65. The summed E-state index contributed by atoms with van der Waals surface area (Å²) in [5.41, 5.74) is 3.81. The van der Waals surface area contributed by atoms with Crippen molar-refractivity contribution in [1.82, 2.24) is 0 Å². The number of methoxy groups -OCH3 is 1. The van der Waals surface area contributed by atoms with E-state index in [1.165, 1.54) is 11.8 Å². The van der Waals surface area contributed by atoms with Gasteiger partial charge in [0.1, 0.15) is 5.75 Å². The normalized spacial score (nSPS) is 11.5. The Hall–Kier alpha value is -2.96. The molecule has 0 bridgehead atoms. The van der Waals surface area contributed by atoms with Crippen molar-refractivity contribution in [1.29, 1.82) is 0 Å². The van der Waals surface area contributed by atoms with Gasteiger partial charge in [0.25, 0.3) is 5.91 Å². The zero-order chi connectivity index (χ0) is 24.0. The van der Waals surface area contributed by atoms with E-state index in [2.05, 4.69) is 10.6 Å². The highest BCUT2D eigenvalue weighted by Gasteiger charge is 2.20. The molecule has 2 amide bonds. The summed E-state index contributed by atoms with van der Waals surface area (Å²) in [4.78, 5) is 26.4. The van der Waals surface area contributed by atoms with Crippen LogP contribution in [0.25, 0.3) is 0 Å². The smallest absolute Gasteiger partial charge is 0.255 e. The number of hydrogen-bond donors (Lipinski definition) is 2. The fourth-order valence-corrected chi connectivity index (χ4v) is 4.35. The highest BCUT2D eigenvalue weighted by Crippen LogP contribution is 2.33. The molecule has 0 saturated carbocycles. The van der Waals surface area contributed by atoms with Crippen LogP contribution in [-0.2, 0) is 4.79 Å². The van der Waals surface area contributed by atoms with Gasteiger partial charge in [0, 0.05) is 27.2 Å². The monoisotopic (exact) mass is 482 g/mol. The minimum Gasteiger partial charge on any atom is -0.495 e. The number of carbonyl (C=O) groups excluding carboxylic acids is 2. The van der Waals surface area contributed by atoms with Gasteiger partial charge in [-0.25, -0.2) is 0 Å². The van der Waals surface area contributed by atoms with Crippen molar-refractivity contribution >= 4 is 46.6 Å². The molecule has 0 radical (unpaired) electrons. The lowest BCUT2D eigenvalue weighted by atomic mass is 10.1. The molecule has 0 heterocycles. The first kappa shape index (κ1) is 24.7. The first-order valence-corrected chi connectivity index (χ1v) is 11.9. The van der Waals surface area contributed by atoms with Crippen LogP contribution in [0.2, 0.25) is 5.02 Å². The van der Waals surface area contributed by atoms with Crippen LogP contribution in [0.1, 0.15) is 34.8 Å². The summed E-state index contributed by atoms with van der Waals surface area (Å²) in [7, 11) is 1.54. The molecule has 2 N–H and O–H groups in total. The van der Waals surface area contributed by atoms with Gasteiger partial charge in [-0.15, -0.1) is 11.8 Å². The van der Waals surface area contributed by atoms with E-state index in [1.807, 2.05) is 57.2 Å². The number of anilines is 2. The Bertz CT molecular complexity index is 1150. The minimum atomic E-state index is -0.325. The van der Waals surface area contributed by atoms with Gasteiger partial charge in [0.05, 0.1) is 18.0 Å². The first-order valence-electron chi connectivity index (χ1n) is 10.6. The van der Waals surface area contributed by atoms with Crippen LogP contribution in [0.15, 0.2) is 65.6 Å². The molecule has 5 nitrogen and oxygen atoms in total. The Morgan fingerprint density at radius 2 is 1.76 bits per heavy atom. The molecular formula is C26H27ClN2O3S. The average Bonchev–Trinajstić information content (AvgIpc) is 2.80. The highest BCUT2D eigenvalue weighted by atomic mass is 35.5. The Morgan fingerprint density at radius 1 is 1.03 bits per heavy atom. The lowest BCUT2D eigenvalue weighted by molar-refractivity contribution is -0.115. The highest BCUT2D eigenvalue weighted by molar-refractivity contribution is 8.00. The Labute approximate surface area is 203 Å². The molecule has 0 spiro atoms. The van der Waals surface area contributed by atoms with Crippen LogP contribution in [-0.4, -0.2) is 24.2 Å². The van der Waals surface area contributed by atoms with Gasteiger partial charge < -0.3 is 15.4 Å². The van der Waals surface area contributed by atoms with Crippen molar-refractivity contribution in [3.05, 3.63) is 82.4 Å². The molecule has 0 aliphatic carbocycles. The number of thioether (sulfide) groups is 1. The largest absolute Gasteiger partial charge is 0.495 e. The molecule has 0 aromatic heterocycles. The second kappa shape index (κ2) is 11.3.